The van der Waals surface area contributed by atoms with Gasteiger partial charge in [0, 0.05) is 24.0 Å². The summed E-state index contributed by atoms with van der Waals surface area (Å²) >= 11 is 0. The largest absolute Gasteiger partial charge is 0.507 e. The van der Waals surface area contributed by atoms with Gasteiger partial charge in [0.25, 0.3) is 11.7 Å². The third-order valence-corrected chi connectivity index (χ3v) is 6.26. The first kappa shape index (κ1) is 18.6. The number of aliphatic hydroxyl groups excluding tert-OH is 1. The second-order valence-corrected chi connectivity index (χ2v) is 7.95. The molecule has 2 aromatic carbocycles. The van der Waals surface area contributed by atoms with Gasteiger partial charge in [-0.2, -0.15) is 0 Å². The molecule has 1 aromatic heterocycles. The van der Waals surface area contributed by atoms with Gasteiger partial charge in [-0.05, 0) is 41.3 Å². The summed E-state index contributed by atoms with van der Waals surface area (Å²) < 4.78 is 0. The van der Waals surface area contributed by atoms with E-state index in [1.165, 1.54) is 0 Å². The fraction of sp³-hybridized carbons (Fsp3) is 0.240. The predicted molar refractivity (Wildman–Crippen MR) is 115 cm³/mol. The number of benzene rings is 2. The summed E-state index contributed by atoms with van der Waals surface area (Å²) in [6, 6.07) is 16.4. The van der Waals surface area contributed by atoms with E-state index in [9.17, 15) is 14.7 Å². The van der Waals surface area contributed by atoms with Gasteiger partial charge in [0.2, 0.25) is 0 Å². The van der Waals surface area contributed by atoms with Crippen molar-refractivity contribution in [2.24, 2.45) is 0 Å². The maximum atomic E-state index is 13.2. The second-order valence-electron chi connectivity index (χ2n) is 7.95. The molecule has 2 aliphatic rings. The topological polar surface area (TPSA) is 70.5 Å². The maximum Gasteiger partial charge on any atom is 0.295 e. The predicted octanol–water partition coefficient (Wildman–Crippen LogP) is 4.60. The zero-order valence-electron chi connectivity index (χ0n) is 16.5. The summed E-state index contributed by atoms with van der Waals surface area (Å²) in [5.74, 6) is -1.26. The van der Waals surface area contributed by atoms with E-state index in [1.807, 2.05) is 48.5 Å². The van der Waals surface area contributed by atoms with E-state index >= 15 is 0 Å². The van der Waals surface area contributed by atoms with Crippen LogP contribution in [-0.4, -0.2) is 32.7 Å². The number of hydrogen-bond acceptors (Lipinski definition) is 4. The first-order valence-electron chi connectivity index (χ1n) is 10.3. The molecule has 0 bridgehead atoms. The molecule has 0 radical (unpaired) electrons. The van der Waals surface area contributed by atoms with Gasteiger partial charge < -0.3 is 10.0 Å². The maximum absolute atomic E-state index is 13.2. The summed E-state index contributed by atoms with van der Waals surface area (Å²) in [6.07, 6.45) is 7.15. The summed E-state index contributed by atoms with van der Waals surface area (Å²) in [4.78, 5) is 32.1. The van der Waals surface area contributed by atoms with E-state index < -0.39 is 17.7 Å². The Morgan fingerprint density at radius 2 is 1.63 bits per heavy atom. The smallest absolute Gasteiger partial charge is 0.295 e. The number of amides is 1. The van der Waals surface area contributed by atoms with Crippen LogP contribution < -0.4 is 0 Å². The van der Waals surface area contributed by atoms with Crippen molar-refractivity contribution in [3.8, 4) is 0 Å². The van der Waals surface area contributed by atoms with Crippen molar-refractivity contribution >= 4 is 28.2 Å². The summed E-state index contributed by atoms with van der Waals surface area (Å²) in [7, 11) is 0. The molecular formula is C25H22N2O3. The number of nitrogens with zero attached hydrogens (tertiary/aromatic N) is 2. The summed E-state index contributed by atoms with van der Waals surface area (Å²) in [6.45, 7) is 0. The van der Waals surface area contributed by atoms with Gasteiger partial charge in [-0.25, -0.2) is 0 Å². The van der Waals surface area contributed by atoms with Crippen molar-refractivity contribution in [1.29, 1.82) is 0 Å². The molecule has 1 N–H and O–H groups in total. The average Bonchev–Trinajstić information content (AvgIpc) is 3.40. The molecule has 1 atom stereocenters. The van der Waals surface area contributed by atoms with Crippen LogP contribution in [0.2, 0.25) is 0 Å². The minimum atomic E-state index is -0.617. The Bertz CT molecular complexity index is 1160. The number of Topliss-reactive ketones (excluding diaryl/α,β-unsaturated/α-hetero) is 1. The molecule has 5 heteroatoms. The highest BCUT2D eigenvalue weighted by molar-refractivity contribution is 6.46. The van der Waals surface area contributed by atoms with Crippen molar-refractivity contribution in [3.63, 3.8) is 0 Å². The summed E-state index contributed by atoms with van der Waals surface area (Å²) in [5, 5.41) is 13.2. The molecule has 3 aromatic rings. The molecule has 1 amide bonds. The minimum absolute atomic E-state index is 0.0115. The molecule has 1 saturated carbocycles. The fourth-order valence-corrected chi connectivity index (χ4v) is 4.86. The average molecular weight is 398 g/mol. The van der Waals surface area contributed by atoms with Crippen LogP contribution in [0.15, 0.2) is 72.6 Å². The number of rotatable bonds is 3. The van der Waals surface area contributed by atoms with Crippen LogP contribution in [0.25, 0.3) is 16.5 Å². The standard InChI is InChI=1S/C25H22N2O3/c28-23(20-11-5-7-16-6-1-4-10-19(16)20)21-22(17-12-14-26-15-13-17)27(25(30)24(21)29)18-8-2-3-9-18/h1,4-7,10-15,18,22,28H,2-3,8-9H2/b23-21-. The third kappa shape index (κ3) is 2.89. The molecule has 1 unspecified atom stereocenters. The van der Waals surface area contributed by atoms with Gasteiger partial charge in [-0.3, -0.25) is 14.6 Å². The molecule has 5 nitrogen and oxygen atoms in total. The number of ketones is 1. The molecule has 2 fully saturated rings. The van der Waals surface area contributed by atoms with Crippen molar-refractivity contribution in [2.75, 3.05) is 0 Å². The number of carbonyl (C=O) groups is 2. The molecule has 30 heavy (non-hydrogen) atoms. The SMILES string of the molecule is O=C1C(=O)N(C2CCCC2)C(c2ccncc2)/C1=C(/O)c1cccc2ccccc12. The van der Waals surface area contributed by atoms with Gasteiger partial charge >= 0.3 is 0 Å². The van der Waals surface area contributed by atoms with Crippen molar-refractivity contribution in [1.82, 2.24) is 9.88 Å². The number of aromatic nitrogens is 1. The third-order valence-electron chi connectivity index (χ3n) is 6.26. The van der Waals surface area contributed by atoms with E-state index in [0.29, 0.717) is 5.56 Å². The lowest BCUT2D eigenvalue weighted by Gasteiger charge is -2.30. The van der Waals surface area contributed by atoms with Gasteiger partial charge in [0.05, 0.1) is 11.6 Å². The summed E-state index contributed by atoms with van der Waals surface area (Å²) in [5.41, 5.74) is 1.52. The van der Waals surface area contributed by atoms with Gasteiger partial charge in [-0.15, -0.1) is 0 Å². The Morgan fingerprint density at radius 1 is 0.933 bits per heavy atom. The lowest BCUT2D eigenvalue weighted by Crippen LogP contribution is -2.37. The first-order valence-corrected chi connectivity index (χ1v) is 10.3. The fourth-order valence-electron chi connectivity index (χ4n) is 4.86. The first-order chi connectivity index (χ1) is 14.7. The molecule has 5 rings (SSSR count). The van der Waals surface area contributed by atoms with Crippen molar-refractivity contribution in [3.05, 3.63) is 83.7 Å². The van der Waals surface area contributed by atoms with Gasteiger partial charge in [0.1, 0.15) is 5.76 Å². The Kier molecular flexibility index (Phi) is 4.58. The van der Waals surface area contributed by atoms with Crippen LogP contribution in [0.5, 0.6) is 0 Å². The highest BCUT2D eigenvalue weighted by atomic mass is 16.3. The number of hydrogen-bond donors (Lipinski definition) is 1. The minimum Gasteiger partial charge on any atom is -0.507 e. The number of pyridine rings is 1. The van der Waals surface area contributed by atoms with Crippen LogP contribution in [0.1, 0.15) is 42.9 Å². The monoisotopic (exact) mass is 398 g/mol. The Hall–Kier alpha value is -3.47. The molecule has 2 heterocycles. The van der Waals surface area contributed by atoms with E-state index in [4.69, 9.17) is 0 Å². The van der Waals surface area contributed by atoms with Crippen LogP contribution >= 0.6 is 0 Å². The van der Waals surface area contributed by atoms with Crippen molar-refractivity contribution < 1.29 is 14.7 Å². The molecule has 1 aliphatic carbocycles. The van der Waals surface area contributed by atoms with E-state index in [0.717, 1.165) is 42.0 Å². The lowest BCUT2D eigenvalue weighted by atomic mass is 9.93. The Balaban J connectivity index is 1.73. The van der Waals surface area contributed by atoms with E-state index in [2.05, 4.69) is 4.98 Å². The molecule has 1 aliphatic heterocycles. The zero-order chi connectivity index (χ0) is 20.7. The Morgan fingerprint density at radius 3 is 2.40 bits per heavy atom. The van der Waals surface area contributed by atoms with Crippen LogP contribution in [-0.2, 0) is 9.59 Å². The van der Waals surface area contributed by atoms with Gasteiger partial charge in [-0.1, -0.05) is 55.3 Å². The molecule has 150 valence electrons. The van der Waals surface area contributed by atoms with E-state index in [1.54, 1.807) is 23.4 Å². The van der Waals surface area contributed by atoms with Crippen LogP contribution in [0, 0.1) is 0 Å². The number of likely N-dealkylation sites (tertiary alicyclic amines) is 1. The van der Waals surface area contributed by atoms with E-state index in [-0.39, 0.29) is 17.4 Å². The van der Waals surface area contributed by atoms with Crippen molar-refractivity contribution in [2.45, 2.75) is 37.8 Å². The number of aliphatic hydroxyl groups is 1. The molecule has 1 saturated heterocycles. The normalized spacial score (nSPS) is 21.6. The second kappa shape index (κ2) is 7.41. The highest BCUT2D eigenvalue weighted by Crippen LogP contribution is 2.43. The lowest BCUT2D eigenvalue weighted by molar-refractivity contribution is -0.141. The van der Waals surface area contributed by atoms with Crippen LogP contribution in [0.4, 0.5) is 0 Å². The quantitative estimate of drug-likeness (QED) is 0.398. The van der Waals surface area contributed by atoms with Crippen LogP contribution in [0.3, 0.4) is 0 Å². The molecular weight excluding hydrogens is 376 g/mol. The Labute approximate surface area is 174 Å². The number of carbonyl (C=O) groups excluding carboxylic acids is 2. The number of fused-ring (bicyclic) bond motifs is 1. The zero-order valence-corrected chi connectivity index (χ0v) is 16.5. The highest BCUT2D eigenvalue weighted by Gasteiger charge is 2.49. The van der Waals surface area contributed by atoms with Gasteiger partial charge in [0.15, 0.2) is 0 Å². The molecule has 0 spiro atoms.